The standard InChI is InChI=1S/C16H12N2O2.C12H8N2.O.V/c19-14-8-4-3-7-13(14)17-18-16-12-6-2-1-5-11(12)9-10-15(16)20;1-3-9-5-6-10-4-2-8-14-12(10)11(9)13-7-1;;/h1-10,19-20H;1-8H;;/q;;-2;+4/p-2. The van der Waals surface area contributed by atoms with Gasteiger partial charge >= 0.3 is 18.6 Å². The predicted molar refractivity (Wildman–Crippen MR) is 131 cm³/mol. The molecule has 0 aliphatic carbocycles. The van der Waals surface area contributed by atoms with E-state index in [1.54, 1.807) is 36.7 Å². The second-order valence-corrected chi connectivity index (χ2v) is 7.52. The van der Waals surface area contributed by atoms with Crippen molar-refractivity contribution < 1.29 is 34.2 Å². The number of nitrogens with zero attached hydrogens (tertiary/aromatic N) is 4. The Balaban J connectivity index is 0.000000200. The van der Waals surface area contributed by atoms with Crippen LogP contribution >= 0.6 is 0 Å². The number of benzene rings is 4. The summed E-state index contributed by atoms with van der Waals surface area (Å²) in [5.74, 6) is -0.431. The zero-order chi connectivity index (χ0) is 23.3. The second-order valence-electron chi connectivity index (χ2n) is 7.52. The van der Waals surface area contributed by atoms with Crippen molar-refractivity contribution in [2.24, 2.45) is 10.2 Å². The van der Waals surface area contributed by atoms with Crippen LogP contribution in [0.5, 0.6) is 11.5 Å². The molecule has 0 saturated heterocycles. The Kier molecular flexibility index (Phi) is 8.70. The Morgan fingerprint density at radius 2 is 1.08 bits per heavy atom. The van der Waals surface area contributed by atoms with E-state index in [0.717, 1.165) is 32.6 Å². The third kappa shape index (κ3) is 5.50. The van der Waals surface area contributed by atoms with Gasteiger partial charge < -0.3 is 15.7 Å². The van der Waals surface area contributed by atoms with Crippen molar-refractivity contribution >= 4 is 44.0 Å². The van der Waals surface area contributed by atoms with Crippen molar-refractivity contribution in [3.8, 4) is 11.5 Å². The van der Waals surface area contributed by atoms with Crippen LogP contribution < -0.4 is 10.2 Å². The van der Waals surface area contributed by atoms with E-state index in [1.165, 1.54) is 12.1 Å². The average molecular weight is 509 g/mol. The summed E-state index contributed by atoms with van der Waals surface area (Å²) in [5, 5.41) is 35.3. The molecule has 0 aliphatic rings. The van der Waals surface area contributed by atoms with Crippen molar-refractivity contribution in [1.82, 2.24) is 9.97 Å². The predicted octanol–water partition coefficient (Wildman–Crippen LogP) is 6.06. The summed E-state index contributed by atoms with van der Waals surface area (Å²) >= 11 is 0. The molecule has 36 heavy (non-hydrogen) atoms. The number of hydrogen-bond donors (Lipinski definition) is 0. The first-order valence-corrected chi connectivity index (χ1v) is 10.7. The summed E-state index contributed by atoms with van der Waals surface area (Å²) in [7, 11) is 0. The van der Waals surface area contributed by atoms with E-state index in [-0.39, 0.29) is 46.9 Å². The fourth-order valence-corrected chi connectivity index (χ4v) is 3.66. The van der Waals surface area contributed by atoms with Gasteiger partial charge in [-0.05, 0) is 23.6 Å². The number of hydrogen-bond acceptors (Lipinski definition) is 6. The van der Waals surface area contributed by atoms with Crippen molar-refractivity contribution in [3.05, 3.63) is 109 Å². The van der Waals surface area contributed by atoms with Crippen LogP contribution in [-0.4, -0.2) is 9.97 Å². The summed E-state index contributed by atoms with van der Waals surface area (Å²) < 4.78 is 0. The third-order valence-corrected chi connectivity index (χ3v) is 5.33. The molecule has 1 radical (unpaired) electrons. The summed E-state index contributed by atoms with van der Waals surface area (Å²) in [4.78, 5) is 8.69. The van der Waals surface area contributed by atoms with Gasteiger partial charge in [0.15, 0.2) is 0 Å². The SMILES string of the molecule is [O-2].[O-]c1ccccc1N=Nc1c([O-])ccc2ccccc12.[V+4].c1cnc2c(c1)ccc1cccnc12. The van der Waals surface area contributed by atoms with Crippen molar-refractivity contribution in [2.75, 3.05) is 0 Å². The van der Waals surface area contributed by atoms with Gasteiger partial charge in [0.05, 0.1) is 22.4 Å². The number of rotatable bonds is 2. The van der Waals surface area contributed by atoms with E-state index in [1.807, 2.05) is 36.4 Å². The smallest absolute Gasteiger partial charge is 2.00 e. The molecule has 4 aromatic carbocycles. The quantitative estimate of drug-likeness (QED) is 0.208. The maximum Gasteiger partial charge on any atom is 4.00 e. The Bertz CT molecular complexity index is 1600. The minimum absolute atomic E-state index is 0. The first-order valence-electron chi connectivity index (χ1n) is 10.7. The van der Waals surface area contributed by atoms with E-state index in [9.17, 15) is 10.2 Å². The van der Waals surface area contributed by atoms with Gasteiger partial charge in [0, 0.05) is 28.6 Å². The van der Waals surface area contributed by atoms with Gasteiger partial charge in [-0.1, -0.05) is 90.4 Å². The van der Waals surface area contributed by atoms with Crippen LogP contribution in [0.4, 0.5) is 11.4 Å². The van der Waals surface area contributed by atoms with Crippen molar-refractivity contribution in [1.29, 1.82) is 0 Å². The zero-order valence-corrected chi connectivity index (χ0v) is 20.2. The molecule has 6 rings (SSSR count). The molecular weight excluding hydrogens is 491 g/mol. The topological polar surface area (TPSA) is 125 Å². The minimum Gasteiger partial charge on any atom is -2.00 e. The van der Waals surface area contributed by atoms with Gasteiger partial charge in [0.2, 0.25) is 0 Å². The fourth-order valence-electron chi connectivity index (χ4n) is 3.66. The van der Waals surface area contributed by atoms with Crippen LogP contribution in [-0.2, 0) is 24.0 Å². The monoisotopic (exact) mass is 509 g/mol. The zero-order valence-electron chi connectivity index (χ0n) is 18.9. The minimum atomic E-state index is -0.219. The van der Waals surface area contributed by atoms with Crippen molar-refractivity contribution in [3.63, 3.8) is 0 Å². The van der Waals surface area contributed by atoms with Gasteiger partial charge in [0.25, 0.3) is 0 Å². The second kappa shape index (κ2) is 11.9. The Labute approximate surface area is 219 Å². The molecule has 0 unspecified atom stereocenters. The van der Waals surface area contributed by atoms with Gasteiger partial charge in [-0.2, -0.15) is 10.2 Å². The van der Waals surface area contributed by atoms with Gasteiger partial charge in [-0.25, -0.2) is 0 Å². The molecule has 0 atom stereocenters. The van der Waals surface area contributed by atoms with Crippen LogP contribution in [0.15, 0.2) is 120 Å². The molecule has 6 aromatic rings. The molecule has 0 N–H and O–H groups in total. The Hall–Kier alpha value is -4.30. The molecule has 0 amide bonds. The average Bonchev–Trinajstić information content (AvgIpc) is 2.89. The van der Waals surface area contributed by atoms with Crippen molar-refractivity contribution in [2.45, 2.75) is 0 Å². The number of azo groups is 1. The normalized spacial score (nSPS) is 10.4. The van der Waals surface area contributed by atoms with Gasteiger partial charge in [0.1, 0.15) is 0 Å². The fraction of sp³-hybridized carbons (Fsp3) is 0. The van der Waals surface area contributed by atoms with E-state index >= 15 is 0 Å². The van der Waals surface area contributed by atoms with E-state index in [4.69, 9.17) is 0 Å². The molecule has 173 valence electrons. The number of para-hydroxylation sites is 1. The molecule has 2 aromatic heterocycles. The molecule has 0 bridgehead atoms. The van der Waals surface area contributed by atoms with Crippen LogP contribution in [0.3, 0.4) is 0 Å². The first kappa shape index (κ1) is 26.3. The summed E-state index contributed by atoms with van der Waals surface area (Å²) in [6.45, 7) is 0. The molecular formula is C28H18N4O3V. The van der Waals surface area contributed by atoms with E-state index in [2.05, 4.69) is 44.5 Å². The number of pyridine rings is 2. The summed E-state index contributed by atoms with van der Waals surface area (Å²) in [6, 6.07) is 29.1. The first-order chi connectivity index (χ1) is 16.7. The van der Waals surface area contributed by atoms with E-state index < -0.39 is 0 Å². The maximum atomic E-state index is 11.9. The van der Waals surface area contributed by atoms with Crippen LogP contribution in [0, 0.1) is 0 Å². The van der Waals surface area contributed by atoms with Gasteiger partial charge in [-0.15, -0.1) is 0 Å². The third-order valence-electron chi connectivity index (χ3n) is 5.33. The molecule has 0 fully saturated rings. The molecule has 0 aliphatic heterocycles. The van der Waals surface area contributed by atoms with Gasteiger partial charge in [-0.3, -0.25) is 9.97 Å². The van der Waals surface area contributed by atoms with Crippen LogP contribution in [0.1, 0.15) is 0 Å². The molecule has 7 nitrogen and oxygen atoms in total. The maximum absolute atomic E-state index is 11.9. The Morgan fingerprint density at radius 3 is 1.75 bits per heavy atom. The molecule has 0 spiro atoms. The number of fused-ring (bicyclic) bond motifs is 4. The molecule has 8 heteroatoms. The van der Waals surface area contributed by atoms with Crippen LogP contribution in [0.25, 0.3) is 32.6 Å². The number of aromatic nitrogens is 2. The molecule has 0 saturated carbocycles. The summed E-state index contributed by atoms with van der Waals surface area (Å²) in [6.07, 6.45) is 3.60. The Morgan fingerprint density at radius 1 is 0.528 bits per heavy atom. The van der Waals surface area contributed by atoms with E-state index in [0.29, 0.717) is 0 Å². The van der Waals surface area contributed by atoms with Crippen LogP contribution in [0.2, 0.25) is 0 Å². The summed E-state index contributed by atoms with van der Waals surface area (Å²) in [5.41, 5.74) is 2.43. The largest absolute Gasteiger partial charge is 4.00 e. The molecule has 2 heterocycles.